The largest absolute Gasteiger partial charge is 0.507 e. The summed E-state index contributed by atoms with van der Waals surface area (Å²) < 4.78 is 6.58. The fraction of sp³-hybridized carbons (Fsp3) is 0. The van der Waals surface area contributed by atoms with Crippen LogP contribution in [0.4, 0.5) is 0 Å². The minimum Gasteiger partial charge on any atom is -0.507 e. The third kappa shape index (κ3) is 1.08. The van der Waals surface area contributed by atoms with E-state index in [1.807, 2.05) is 0 Å². The van der Waals surface area contributed by atoms with Crippen molar-refractivity contribution in [1.29, 1.82) is 6.84 Å². The Kier molecular flexibility index (Phi) is 1.17. The molecule has 1 aromatic rings. The SMILES string of the molecule is [2H]Oc1ccccc1C=N. The maximum atomic E-state index is 6.90. The van der Waals surface area contributed by atoms with E-state index in [1.54, 1.807) is 24.3 Å². The second-order valence-electron chi connectivity index (χ2n) is 1.68. The van der Waals surface area contributed by atoms with Crippen molar-refractivity contribution in [3.8, 4) is 5.75 Å². The molecule has 46 valence electrons. The van der Waals surface area contributed by atoms with E-state index in [0.717, 1.165) is 6.21 Å². The first-order valence-electron chi connectivity index (χ1n) is 3.02. The smallest absolute Gasteiger partial charge is 0.293 e. The van der Waals surface area contributed by atoms with E-state index in [9.17, 15) is 0 Å². The van der Waals surface area contributed by atoms with E-state index in [4.69, 9.17) is 6.84 Å². The van der Waals surface area contributed by atoms with E-state index in [0.29, 0.717) is 11.3 Å². The molecule has 0 unspecified atom stereocenters. The quantitative estimate of drug-likeness (QED) is 0.572. The van der Waals surface area contributed by atoms with Crippen molar-refractivity contribution in [1.82, 2.24) is 0 Å². The third-order valence-electron chi connectivity index (χ3n) is 1.07. The van der Waals surface area contributed by atoms with Gasteiger partial charge in [-0.25, -0.2) is 0 Å². The van der Waals surface area contributed by atoms with Crippen LogP contribution in [0, 0.1) is 5.41 Å². The van der Waals surface area contributed by atoms with Crippen LogP contribution in [0.25, 0.3) is 0 Å². The molecule has 0 aliphatic rings. The highest BCUT2D eigenvalue weighted by Crippen LogP contribution is 2.11. The molecule has 0 saturated carbocycles. The van der Waals surface area contributed by atoms with Crippen molar-refractivity contribution in [2.75, 3.05) is 0 Å². The average molecular weight is 122 g/mol. The van der Waals surface area contributed by atoms with Crippen molar-refractivity contribution in [3.05, 3.63) is 29.8 Å². The monoisotopic (exact) mass is 122 g/mol. The Bertz CT molecular complexity index is 237. The van der Waals surface area contributed by atoms with E-state index in [-0.39, 0.29) is 0 Å². The first-order valence-corrected chi connectivity index (χ1v) is 2.61. The van der Waals surface area contributed by atoms with Crippen LogP contribution in [0.3, 0.4) is 0 Å². The number of aromatic hydroxyl groups is 1. The molecule has 2 heteroatoms. The molecule has 1 aromatic carbocycles. The minimum absolute atomic E-state index is 0.414. The Morgan fingerprint density at radius 1 is 1.56 bits per heavy atom. The van der Waals surface area contributed by atoms with E-state index in [1.165, 1.54) is 0 Å². The molecule has 0 bridgehead atoms. The summed E-state index contributed by atoms with van der Waals surface area (Å²) in [5, 5.41) is 11.1. The summed E-state index contributed by atoms with van der Waals surface area (Å²) >= 11 is 0. The molecule has 0 amide bonds. The standard InChI is InChI=1S/C7H7NO/c8-5-6-3-1-2-4-7(6)9/h1-5,8-9H/i/hD. The highest BCUT2D eigenvalue weighted by atomic mass is 16.3. The van der Waals surface area contributed by atoms with Gasteiger partial charge in [0.15, 0.2) is 0 Å². The maximum Gasteiger partial charge on any atom is 0.293 e. The fourth-order valence-corrected chi connectivity index (χ4v) is 0.600. The highest BCUT2D eigenvalue weighted by Gasteiger charge is 1.91. The molecule has 2 nitrogen and oxygen atoms in total. The Hall–Kier alpha value is -1.31. The number of hydrogen-bond donors (Lipinski definition) is 2. The van der Waals surface area contributed by atoms with Crippen LogP contribution in [0.15, 0.2) is 24.3 Å². The Balaban J connectivity index is 3.08. The number of benzene rings is 1. The summed E-state index contributed by atoms with van der Waals surface area (Å²) in [6, 6.07) is 6.92. The summed E-state index contributed by atoms with van der Waals surface area (Å²) in [4.78, 5) is 0. The summed E-state index contributed by atoms with van der Waals surface area (Å²) in [6.45, 7) is 0. The van der Waals surface area contributed by atoms with Gasteiger partial charge in [0.2, 0.25) is 0 Å². The Morgan fingerprint density at radius 2 is 2.33 bits per heavy atom. The second-order valence-corrected chi connectivity index (χ2v) is 1.68. The van der Waals surface area contributed by atoms with Gasteiger partial charge in [-0.3, -0.25) is 0 Å². The number of phenolic OH excluding ortho intramolecular Hbond substituents is 1. The lowest BCUT2D eigenvalue weighted by molar-refractivity contribution is 0.474. The molecular weight excluding hydrogens is 114 g/mol. The molecule has 0 saturated heterocycles. The second kappa shape index (κ2) is 2.31. The molecule has 0 spiro atoms. The van der Waals surface area contributed by atoms with Gasteiger partial charge in [0.25, 0.3) is 1.43 Å². The number of phenols is 1. The molecule has 9 heavy (non-hydrogen) atoms. The number of hydrogen-bond acceptors (Lipinski definition) is 2. The van der Waals surface area contributed by atoms with Gasteiger partial charge in [0, 0.05) is 11.8 Å². The zero-order valence-electron chi connectivity index (χ0n) is 5.79. The molecule has 0 aliphatic heterocycles. The zero-order chi connectivity index (χ0) is 7.40. The Morgan fingerprint density at radius 3 is 2.89 bits per heavy atom. The molecule has 0 aliphatic carbocycles. The van der Waals surface area contributed by atoms with Gasteiger partial charge in [0.05, 0.1) is 0 Å². The lowest BCUT2D eigenvalue weighted by Crippen LogP contribution is -1.77. The van der Waals surface area contributed by atoms with Gasteiger partial charge in [-0.1, -0.05) is 12.1 Å². The summed E-state index contributed by atoms with van der Waals surface area (Å²) in [5.74, 6) is 0.414. The number of nitrogens with one attached hydrogen (secondary N) is 1. The Labute approximate surface area is 54.8 Å². The van der Waals surface area contributed by atoms with Crippen LogP contribution >= 0.6 is 0 Å². The van der Waals surface area contributed by atoms with Crippen LogP contribution in [0.1, 0.15) is 5.56 Å². The molecule has 1 rings (SSSR count). The van der Waals surface area contributed by atoms with E-state index >= 15 is 0 Å². The summed E-state index contributed by atoms with van der Waals surface area (Å²) in [7, 11) is 0. The van der Waals surface area contributed by atoms with Crippen LogP contribution in [-0.4, -0.2) is 12.8 Å². The van der Waals surface area contributed by atoms with Gasteiger partial charge in [0.1, 0.15) is 5.75 Å². The van der Waals surface area contributed by atoms with Crippen molar-refractivity contribution < 1.29 is 5.11 Å². The first-order chi connectivity index (χ1) is 4.88. The van der Waals surface area contributed by atoms with Crippen molar-refractivity contribution >= 4 is 6.21 Å². The molecule has 0 atom stereocenters. The van der Waals surface area contributed by atoms with Crippen molar-refractivity contribution in [2.24, 2.45) is 0 Å². The average Bonchev–Trinajstić information content (AvgIpc) is 2.04. The summed E-state index contributed by atoms with van der Waals surface area (Å²) in [5.41, 5.74) is 0.623. The lowest BCUT2D eigenvalue weighted by Gasteiger charge is -1.92. The molecular formula is C7H7NO. The van der Waals surface area contributed by atoms with Gasteiger partial charge < -0.3 is 10.5 Å². The van der Waals surface area contributed by atoms with E-state index in [2.05, 4.69) is 5.11 Å². The van der Waals surface area contributed by atoms with Crippen LogP contribution in [-0.2, 0) is 0 Å². The van der Waals surface area contributed by atoms with Gasteiger partial charge in [-0.15, -0.1) is 0 Å². The fourth-order valence-electron chi connectivity index (χ4n) is 0.600. The highest BCUT2D eigenvalue weighted by molar-refractivity contribution is 5.80. The predicted molar refractivity (Wildman–Crippen MR) is 36.0 cm³/mol. The number of rotatable bonds is 2. The topological polar surface area (TPSA) is 44.1 Å². The first kappa shape index (κ1) is 4.56. The van der Waals surface area contributed by atoms with Crippen molar-refractivity contribution in [3.63, 3.8) is 0 Å². The van der Waals surface area contributed by atoms with E-state index < -0.39 is 0 Å². The van der Waals surface area contributed by atoms with Gasteiger partial charge >= 0.3 is 0 Å². The lowest BCUT2D eigenvalue weighted by atomic mass is 10.2. The maximum absolute atomic E-state index is 6.90. The van der Waals surface area contributed by atoms with Crippen LogP contribution in [0.5, 0.6) is 5.75 Å². The normalized spacial score (nSPS) is 10.0. The minimum atomic E-state index is 0.414. The van der Waals surface area contributed by atoms with Crippen LogP contribution in [0.2, 0.25) is 0 Å². The molecule has 0 fully saturated rings. The van der Waals surface area contributed by atoms with Gasteiger partial charge in [-0.05, 0) is 12.1 Å². The third-order valence-corrected chi connectivity index (χ3v) is 1.07. The molecule has 0 aromatic heterocycles. The van der Waals surface area contributed by atoms with Crippen molar-refractivity contribution in [2.45, 2.75) is 0 Å². The molecule has 0 radical (unpaired) electrons. The zero-order valence-corrected chi connectivity index (χ0v) is 4.79. The van der Waals surface area contributed by atoms with Crippen LogP contribution < -0.4 is 0 Å². The summed E-state index contributed by atoms with van der Waals surface area (Å²) in [6.07, 6.45) is 1.16. The predicted octanol–water partition coefficient (Wildman–Crippen LogP) is 1.39. The molecule has 0 heterocycles. The number of para-hydroxylation sites is 1. The van der Waals surface area contributed by atoms with Gasteiger partial charge in [-0.2, -0.15) is 0 Å². The molecule has 2 N–H and O–H groups in total.